The zero-order chi connectivity index (χ0) is 16.7. The summed E-state index contributed by atoms with van der Waals surface area (Å²) < 4.78 is 0.148. The van der Waals surface area contributed by atoms with Gasteiger partial charge in [-0.15, -0.1) is 5.06 Å². The lowest BCUT2D eigenvalue weighted by Crippen LogP contribution is -2.37. The van der Waals surface area contributed by atoms with Gasteiger partial charge in [0.2, 0.25) is 5.91 Å². The Morgan fingerprint density at radius 2 is 1.68 bits per heavy atom. The SMILES string of the molecule is O=C(O)CCN(CCC(=O)ON1C(=O)CCC1=O)C(=O)CI. The molecule has 3 amide bonds. The molecule has 0 bridgehead atoms. The van der Waals surface area contributed by atoms with E-state index < -0.39 is 23.8 Å². The fraction of sp³-hybridized carbons (Fsp3) is 0.583. The highest BCUT2D eigenvalue weighted by Crippen LogP contribution is 2.12. The first-order valence-corrected chi connectivity index (χ1v) is 7.99. The smallest absolute Gasteiger partial charge is 0.334 e. The summed E-state index contributed by atoms with van der Waals surface area (Å²) in [5, 5.41) is 9.06. The van der Waals surface area contributed by atoms with Crippen LogP contribution in [0.1, 0.15) is 25.7 Å². The zero-order valence-corrected chi connectivity index (χ0v) is 13.8. The second kappa shape index (κ2) is 8.66. The van der Waals surface area contributed by atoms with Gasteiger partial charge in [0.1, 0.15) is 0 Å². The molecule has 1 saturated heterocycles. The van der Waals surface area contributed by atoms with Gasteiger partial charge in [-0.25, -0.2) is 4.79 Å². The Kier molecular flexibility index (Phi) is 7.21. The molecule has 1 N–H and O–H groups in total. The third kappa shape index (κ3) is 5.58. The molecule has 0 spiro atoms. The van der Waals surface area contributed by atoms with Gasteiger partial charge < -0.3 is 14.8 Å². The van der Waals surface area contributed by atoms with Crippen molar-refractivity contribution in [2.45, 2.75) is 25.7 Å². The van der Waals surface area contributed by atoms with Gasteiger partial charge in [0, 0.05) is 25.9 Å². The van der Waals surface area contributed by atoms with E-state index in [1.165, 1.54) is 4.90 Å². The summed E-state index contributed by atoms with van der Waals surface area (Å²) in [7, 11) is 0. The van der Waals surface area contributed by atoms with Crippen LogP contribution in [0.4, 0.5) is 0 Å². The van der Waals surface area contributed by atoms with Gasteiger partial charge in [-0.3, -0.25) is 19.2 Å². The molecule has 1 heterocycles. The summed E-state index contributed by atoms with van der Waals surface area (Å²) in [6.07, 6.45) is -0.464. The molecule has 0 aliphatic carbocycles. The van der Waals surface area contributed by atoms with Crippen LogP contribution < -0.4 is 0 Å². The van der Waals surface area contributed by atoms with Crippen molar-refractivity contribution in [3.05, 3.63) is 0 Å². The third-order valence-corrected chi connectivity index (χ3v) is 3.50. The average Bonchev–Trinajstić information content (AvgIpc) is 2.78. The van der Waals surface area contributed by atoms with Gasteiger partial charge in [-0.2, -0.15) is 0 Å². The molecule has 1 rings (SSSR count). The normalized spacial score (nSPS) is 14.1. The van der Waals surface area contributed by atoms with Crippen LogP contribution in [0.3, 0.4) is 0 Å². The number of alkyl halides is 1. The highest BCUT2D eigenvalue weighted by Gasteiger charge is 2.32. The van der Waals surface area contributed by atoms with Crippen molar-refractivity contribution in [2.75, 3.05) is 17.5 Å². The predicted octanol–water partition coefficient (Wildman–Crippen LogP) is -0.278. The second-order valence-corrected chi connectivity index (χ2v) is 5.22. The molecule has 0 aromatic carbocycles. The molecule has 0 unspecified atom stereocenters. The first-order valence-electron chi connectivity index (χ1n) is 6.47. The molecule has 1 aliphatic rings. The Morgan fingerprint density at radius 1 is 1.14 bits per heavy atom. The minimum atomic E-state index is -1.05. The van der Waals surface area contributed by atoms with E-state index in [0.29, 0.717) is 5.06 Å². The van der Waals surface area contributed by atoms with Crippen LogP contribution in [0, 0.1) is 0 Å². The highest BCUT2D eigenvalue weighted by molar-refractivity contribution is 14.1. The molecule has 0 aromatic rings. The number of amides is 3. The van der Waals surface area contributed by atoms with E-state index in [9.17, 15) is 24.0 Å². The molecule has 0 atom stereocenters. The summed E-state index contributed by atoms with van der Waals surface area (Å²) in [5.74, 6) is -3.34. The van der Waals surface area contributed by atoms with Crippen LogP contribution in [0.25, 0.3) is 0 Å². The molecular weight excluding hydrogens is 411 g/mol. The Labute approximate surface area is 139 Å². The average molecular weight is 426 g/mol. The maximum atomic E-state index is 11.6. The number of rotatable bonds is 8. The van der Waals surface area contributed by atoms with Crippen LogP contribution >= 0.6 is 22.6 Å². The van der Waals surface area contributed by atoms with Crippen LogP contribution in [-0.4, -0.2) is 62.2 Å². The number of nitrogens with zero attached hydrogens (tertiary/aromatic N) is 2. The standard InChI is InChI=1S/C12H15IN2O7/c13-7-10(18)14(5-3-11(19)20)6-4-12(21)22-15-8(16)1-2-9(15)17/h1-7H2,(H,19,20). The van der Waals surface area contributed by atoms with Crippen LogP contribution in [0.5, 0.6) is 0 Å². The number of hydrogen-bond acceptors (Lipinski definition) is 6. The fourth-order valence-corrected chi connectivity index (χ4v) is 2.19. The first-order chi connectivity index (χ1) is 10.3. The van der Waals surface area contributed by atoms with E-state index in [-0.39, 0.29) is 49.1 Å². The molecule has 22 heavy (non-hydrogen) atoms. The Bertz CT molecular complexity index is 478. The second-order valence-electron chi connectivity index (χ2n) is 4.45. The number of halogens is 1. The Hall–Kier alpha value is -1.72. The molecule has 1 aliphatic heterocycles. The van der Waals surface area contributed by atoms with Gasteiger partial charge in [-0.05, 0) is 0 Å². The summed E-state index contributed by atoms with van der Waals surface area (Å²) in [5.41, 5.74) is 0. The summed E-state index contributed by atoms with van der Waals surface area (Å²) in [4.78, 5) is 62.3. The van der Waals surface area contributed by atoms with Crippen molar-refractivity contribution in [3.8, 4) is 0 Å². The van der Waals surface area contributed by atoms with Gasteiger partial charge in [0.25, 0.3) is 11.8 Å². The van der Waals surface area contributed by atoms with Gasteiger partial charge in [0.15, 0.2) is 0 Å². The van der Waals surface area contributed by atoms with Gasteiger partial charge in [0.05, 0.1) is 17.3 Å². The Morgan fingerprint density at radius 3 is 2.18 bits per heavy atom. The number of carboxylic acids is 1. The number of hydrogen-bond donors (Lipinski definition) is 1. The molecule has 1 fully saturated rings. The van der Waals surface area contributed by atoms with E-state index in [1.54, 1.807) is 0 Å². The zero-order valence-electron chi connectivity index (χ0n) is 11.6. The minimum Gasteiger partial charge on any atom is -0.481 e. The quantitative estimate of drug-likeness (QED) is 0.322. The van der Waals surface area contributed by atoms with Crippen molar-refractivity contribution in [1.82, 2.24) is 9.96 Å². The number of carbonyl (C=O) groups excluding carboxylic acids is 4. The molecule has 0 radical (unpaired) electrons. The molecule has 10 heteroatoms. The molecular formula is C12H15IN2O7. The number of carbonyl (C=O) groups is 5. The summed E-state index contributed by atoms with van der Waals surface area (Å²) in [6, 6.07) is 0. The van der Waals surface area contributed by atoms with E-state index >= 15 is 0 Å². The lowest BCUT2D eigenvalue weighted by atomic mass is 10.3. The maximum absolute atomic E-state index is 11.6. The van der Waals surface area contributed by atoms with E-state index in [1.807, 2.05) is 22.6 Å². The number of carboxylic acid groups (broad SMARTS) is 1. The molecule has 0 aromatic heterocycles. The van der Waals surface area contributed by atoms with Crippen LogP contribution in [0.2, 0.25) is 0 Å². The molecule has 122 valence electrons. The Balaban J connectivity index is 2.47. The third-order valence-electron chi connectivity index (χ3n) is 2.85. The number of hydroxylamine groups is 2. The van der Waals surface area contributed by atoms with Crippen molar-refractivity contribution < 1.29 is 33.9 Å². The van der Waals surface area contributed by atoms with Gasteiger partial charge in [-0.1, -0.05) is 22.6 Å². The van der Waals surface area contributed by atoms with Crippen molar-refractivity contribution in [1.29, 1.82) is 0 Å². The van der Waals surface area contributed by atoms with E-state index in [4.69, 9.17) is 5.11 Å². The molecule has 9 nitrogen and oxygen atoms in total. The van der Waals surface area contributed by atoms with E-state index in [2.05, 4.69) is 4.84 Å². The molecule has 0 saturated carbocycles. The van der Waals surface area contributed by atoms with Crippen LogP contribution in [0.15, 0.2) is 0 Å². The first kappa shape index (κ1) is 18.3. The summed E-state index contributed by atoms with van der Waals surface area (Å²) >= 11 is 1.84. The summed E-state index contributed by atoms with van der Waals surface area (Å²) in [6.45, 7) is -0.0593. The van der Waals surface area contributed by atoms with E-state index in [0.717, 1.165) is 0 Å². The monoisotopic (exact) mass is 426 g/mol. The lowest BCUT2D eigenvalue weighted by Gasteiger charge is -2.21. The van der Waals surface area contributed by atoms with Crippen molar-refractivity contribution in [2.24, 2.45) is 0 Å². The number of imide groups is 1. The lowest BCUT2D eigenvalue weighted by molar-refractivity contribution is -0.197. The topological polar surface area (TPSA) is 121 Å². The van der Waals surface area contributed by atoms with Crippen LogP contribution in [-0.2, 0) is 28.8 Å². The van der Waals surface area contributed by atoms with Gasteiger partial charge >= 0.3 is 11.9 Å². The minimum absolute atomic E-state index is 0.00414. The predicted molar refractivity (Wildman–Crippen MR) is 79.5 cm³/mol. The van der Waals surface area contributed by atoms with Crippen molar-refractivity contribution >= 4 is 52.3 Å². The fourth-order valence-electron chi connectivity index (χ4n) is 1.71. The largest absolute Gasteiger partial charge is 0.481 e. The number of aliphatic carboxylic acids is 1. The van der Waals surface area contributed by atoms with Crippen molar-refractivity contribution in [3.63, 3.8) is 0 Å². The highest BCUT2D eigenvalue weighted by atomic mass is 127. The maximum Gasteiger partial charge on any atom is 0.334 e.